The SMILES string of the molecule is CC1(C(=O)NN)C(=O)Nc2cc3n[nH]nc3cc21. The molecular weight excluding hydrogens is 236 g/mol. The van der Waals surface area contributed by atoms with Crippen molar-refractivity contribution in [3.63, 3.8) is 0 Å². The molecule has 2 amide bonds. The summed E-state index contributed by atoms with van der Waals surface area (Å²) in [6.07, 6.45) is 0. The molecule has 8 heteroatoms. The van der Waals surface area contributed by atoms with E-state index >= 15 is 0 Å². The highest BCUT2D eigenvalue weighted by Crippen LogP contribution is 2.39. The van der Waals surface area contributed by atoms with Crippen molar-refractivity contribution in [1.82, 2.24) is 20.8 Å². The number of carbonyl (C=O) groups excluding carboxylic acids is 2. The first-order chi connectivity index (χ1) is 8.57. The molecule has 0 aliphatic carbocycles. The summed E-state index contributed by atoms with van der Waals surface area (Å²) in [5, 5.41) is 13.0. The summed E-state index contributed by atoms with van der Waals surface area (Å²) in [5.74, 6) is 4.15. The summed E-state index contributed by atoms with van der Waals surface area (Å²) >= 11 is 0. The summed E-state index contributed by atoms with van der Waals surface area (Å²) in [4.78, 5) is 23.8. The normalized spacial score (nSPS) is 21.8. The summed E-state index contributed by atoms with van der Waals surface area (Å²) < 4.78 is 0. The zero-order valence-electron chi connectivity index (χ0n) is 9.44. The number of aromatic nitrogens is 3. The molecule has 3 rings (SSSR count). The van der Waals surface area contributed by atoms with Crippen molar-refractivity contribution in [3.05, 3.63) is 17.7 Å². The number of fused-ring (bicyclic) bond motifs is 2. The Kier molecular flexibility index (Phi) is 1.93. The van der Waals surface area contributed by atoms with E-state index < -0.39 is 17.2 Å². The minimum absolute atomic E-state index is 0.419. The van der Waals surface area contributed by atoms with Crippen molar-refractivity contribution < 1.29 is 9.59 Å². The Hall–Kier alpha value is -2.48. The van der Waals surface area contributed by atoms with Crippen LogP contribution >= 0.6 is 0 Å². The van der Waals surface area contributed by atoms with Crippen LogP contribution in [0.3, 0.4) is 0 Å². The molecule has 0 saturated carbocycles. The third-order valence-corrected chi connectivity index (χ3v) is 3.28. The van der Waals surface area contributed by atoms with Gasteiger partial charge in [0.2, 0.25) is 5.91 Å². The number of rotatable bonds is 1. The van der Waals surface area contributed by atoms with E-state index in [0.29, 0.717) is 22.3 Å². The first-order valence-corrected chi connectivity index (χ1v) is 5.25. The second-order valence-corrected chi connectivity index (χ2v) is 4.26. The molecule has 1 aromatic carbocycles. The maximum Gasteiger partial charge on any atom is 0.253 e. The van der Waals surface area contributed by atoms with E-state index in [1.807, 2.05) is 5.43 Å². The van der Waals surface area contributed by atoms with Gasteiger partial charge in [-0.2, -0.15) is 15.4 Å². The van der Waals surface area contributed by atoms with Crippen molar-refractivity contribution in [2.24, 2.45) is 5.84 Å². The molecule has 1 atom stereocenters. The Morgan fingerprint density at radius 2 is 2.06 bits per heavy atom. The lowest BCUT2D eigenvalue weighted by Gasteiger charge is -2.19. The Morgan fingerprint density at radius 1 is 1.39 bits per heavy atom. The fourth-order valence-corrected chi connectivity index (χ4v) is 2.15. The largest absolute Gasteiger partial charge is 0.324 e. The van der Waals surface area contributed by atoms with Crippen molar-refractivity contribution in [2.75, 3.05) is 5.32 Å². The van der Waals surface area contributed by atoms with Gasteiger partial charge in [0.1, 0.15) is 11.0 Å². The van der Waals surface area contributed by atoms with Crippen molar-refractivity contribution in [1.29, 1.82) is 0 Å². The lowest BCUT2D eigenvalue weighted by molar-refractivity contribution is -0.133. The van der Waals surface area contributed by atoms with Gasteiger partial charge in [0.25, 0.3) is 5.91 Å². The molecule has 0 saturated heterocycles. The van der Waals surface area contributed by atoms with Crippen LogP contribution in [0.2, 0.25) is 0 Å². The predicted molar refractivity (Wildman–Crippen MR) is 62.2 cm³/mol. The number of hydrogen-bond donors (Lipinski definition) is 4. The average molecular weight is 246 g/mol. The fourth-order valence-electron chi connectivity index (χ4n) is 2.15. The average Bonchev–Trinajstić information content (AvgIpc) is 2.91. The Labute approximate surface area is 101 Å². The first kappa shape index (κ1) is 10.7. The van der Waals surface area contributed by atoms with Crippen molar-refractivity contribution in [2.45, 2.75) is 12.3 Å². The second kappa shape index (κ2) is 3.26. The molecule has 5 N–H and O–H groups in total. The van der Waals surface area contributed by atoms with Crippen LogP contribution in [0.4, 0.5) is 5.69 Å². The molecular formula is C10H10N6O2. The molecule has 2 heterocycles. The molecule has 92 valence electrons. The molecule has 18 heavy (non-hydrogen) atoms. The molecule has 2 aromatic rings. The first-order valence-electron chi connectivity index (χ1n) is 5.25. The van der Waals surface area contributed by atoms with E-state index in [0.717, 1.165) is 0 Å². The smallest absolute Gasteiger partial charge is 0.253 e. The third kappa shape index (κ3) is 1.12. The monoisotopic (exact) mass is 246 g/mol. The van der Waals surface area contributed by atoms with E-state index in [1.54, 1.807) is 12.1 Å². The number of hydrazine groups is 1. The number of nitrogens with zero attached hydrogens (tertiary/aromatic N) is 2. The third-order valence-electron chi connectivity index (χ3n) is 3.28. The van der Waals surface area contributed by atoms with Gasteiger partial charge in [-0.3, -0.25) is 15.0 Å². The number of carbonyl (C=O) groups is 2. The minimum atomic E-state index is -1.35. The number of nitrogens with two attached hydrogens (primary N) is 1. The van der Waals surface area contributed by atoms with E-state index in [9.17, 15) is 9.59 Å². The van der Waals surface area contributed by atoms with Crippen LogP contribution in [0.1, 0.15) is 12.5 Å². The number of amides is 2. The number of aromatic amines is 1. The van der Waals surface area contributed by atoms with Crippen molar-refractivity contribution in [3.8, 4) is 0 Å². The maximum absolute atomic E-state index is 12.0. The van der Waals surface area contributed by atoms with Crippen LogP contribution in [-0.2, 0) is 15.0 Å². The van der Waals surface area contributed by atoms with Gasteiger partial charge in [-0.05, 0) is 19.1 Å². The summed E-state index contributed by atoms with van der Waals surface area (Å²) in [7, 11) is 0. The maximum atomic E-state index is 12.0. The van der Waals surface area contributed by atoms with Gasteiger partial charge in [-0.25, -0.2) is 5.84 Å². The van der Waals surface area contributed by atoms with Crippen LogP contribution in [0.15, 0.2) is 12.1 Å². The lowest BCUT2D eigenvalue weighted by Crippen LogP contribution is -2.49. The van der Waals surface area contributed by atoms with Gasteiger partial charge in [0, 0.05) is 11.3 Å². The summed E-state index contributed by atoms with van der Waals surface area (Å²) in [6, 6.07) is 3.32. The number of anilines is 1. The second-order valence-electron chi connectivity index (χ2n) is 4.26. The van der Waals surface area contributed by atoms with E-state index in [1.165, 1.54) is 6.92 Å². The Morgan fingerprint density at radius 3 is 2.72 bits per heavy atom. The van der Waals surface area contributed by atoms with Gasteiger partial charge in [-0.1, -0.05) is 0 Å². The number of H-pyrrole nitrogens is 1. The minimum Gasteiger partial charge on any atom is -0.324 e. The summed E-state index contributed by atoms with van der Waals surface area (Å²) in [6.45, 7) is 1.52. The molecule has 1 aromatic heterocycles. The summed E-state index contributed by atoms with van der Waals surface area (Å²) in [5.41, 5.74) is 2.96. The quantitative estimate of drug-likeness (QED) is 0.226. The zero-order valence-corrected chi connectivity index (χ0v) is 9.44. The van der Waals surface area contributed by atoms with Crippen LogP contribution in [-0.4, -0.2) is 27.2 Å². The zero-order chi connectivity index (χ0) is 12.9. The van der Waals surface area contributed by atoms with E-state index in [-0.39, 0.29) is 0 Å². The highest BCUT2D eigenvalue weighted by molar-refractivity contribution is 6.21. The number of benzene rings is 1. The topological polar surface area (TPSA) is 126 Å². The molecule has 1 unspecified atom stereocenters. The molecule has 0 bridgehead atoms. The van der Waals surface area contributed by atoms with E-state index in [4.69, 9.17) is 5.84 Å². The molecule has 0 spiro atoms. The molecule has 1 aliphatic heterocycles. The van der Waals surface area contributed by atoms with Crippen LogP contribution < -0.4 is 16.6 Å². The lowest BCUT2D eigenvalue weighted by atomic mass is 9.83. The van der Waals surface area contributed by atoms with Gasteiger partial charge in [0.15, 0.2) is 5.41 Å². The molecule has 1 aliphatic rings. The molecule has 0 radical (unpaired) electrons. The Balaban J connectivity index is 2.28. The standard InChI is InChI=1S/C10H10N6O2/c1-10(9(18)13-11)4-2-6-7(15-16-14-6)3-5(4)12-8(10)17/h2-3H,11H2,1H3,(H,12,17)(H,13,18)(H,14,15,16). The van der Waals surface area contributed by atoms with Crippen molar-refractivity contribution >= 4 is 28.5 Å². The van der Waals surface area contributed by atoms with Crippen LogP contribution in [0.5, 0.6) is 0 Å². The number of hydrogen-bond acceptors (Lipinski definition) is 5. The molecule has 8 nitrogen and oxygen atoms in total. The van der Waals surface area contributed by atoms with Crippen LogP contribution in [0.25, 0.3) is 11.0 Å². The van der Waals surface area contributed by atoms with Gasteiger partial charge in [0.05, 0.1) is 0 Å². The van der Waals surface area contributed by atoms with Gasteiger partial charge < -0.3 is 5.32 Å². The molecule has 0 fully saturated rings. The fraction of sp³-hybridized carbons (Fsp3) is 0.200. The highest BCUT2D eigenvalue weighted by Gasteiger charge is 2.49. The van der Waals surface area contributed by atoms with Gasteiger partial charge >= 0.3 is 0 Å². The van der Waals surface area contributed by atoms with Crippen LogP contribution in [0, 0.1) is 0 Å². The highest BCUT2D eigenvalue weighted by atomic mass is 16.2. The Bertz CT molecular complexity index is 678. The van der Waals surface area contributed by atoms with Gasteiger partial charge in [-0.15, -0.1) is 0 Å². The predicted octanol–water partition coefficient (Wildman–Crippen LogP) is -0.842. The number of nitrogens with one attached hydrogen (secondary N) is 3. The van der Waals surface area contributed by atoms with E-state index in [2.05, 4.69) is 20.7 Å².